The molecular weight excluding hydrogens is 254 g/mol. The number of hydrogen-bond donors (Lipinski definition) is 0. The predicted molar refractivity (Wildman–Crippen MR) is 91.3 cm³/mol. The van der Waals surface area contributed by atoms with Crippen LogP contribution in [-0.2, 0) is 0 Å². The van der Waals surface area contributed by atoms with E-state index in [4.69, 9.17) is 0 Å². The second-order valence-corrected chi connectivity index (χ2v) is 7.21. The van der Waals surface area contributed by atoms with E-state index in [1.165, 1.54) is 57.2 Å². The van der Waals surface area contributed by atoms with Gasteiger partial charge >= 0.3 is 0 Å². The van der Waals surface area contributed by atoms with Gasteiger partial charge in [0.25, 0.3) is 0 Å². The molecule has 2 heterocycles. The van der Waals surface area contributed by atoms with Gasteiger partial charge in [0, 0.05) is 5.54 Å². The van der Waals surface area contributed by atoms with Gasteiger partial charge in [-0.05, 0) is 63.6 Å². The van der Waals surface area contributed by atoms with Crippen molar-refractivity contribution in [2.24, 2.45) is 5.92 Å². The van der Waals surface area contributed by atoms with Crippen molar-refractivity contribution in [3.8, 4) is 0 Å². The first-order valence-electron chi connectivity index (χ1n) is 8.66. The highest BCUT2D eigenvalue weighted by molar-refractivity contribution is 5.60. The van der Waals surface area contributed by atoms with Crippen molar-refractivity contribution in [3.05, 3.63) is 42.5 Å². The lowest BCUT2D eigenvalue weighted by molar-refractivity contribution is 0.174. The van der Waals surface area contributed by atoms with Gasteiger partial charge in [0.15, 0.2) is 0 Å². The van der Waals surface area contributed by atoms with E-state index >= 15 is 0 Å². The molecule has 1 nitrogen and oxygen atoms in total. The lowest BCUT2D eigenvalue weighted by atomic mass is 9.88. The van der Waals surface area contributed by atoms with Crippen molar-refractivity contribution in [3.63, 3.8) is 0 Å². The van der Waals surface area contributed by atoms with E-state index in [0.717, 1.165) is 17.0 Å². The van der Waals surface area contributed by atoms with Crippen LogP contribution in [0.3, 0.4) is 0 Å². The number of benzene rings is 1. The summed E-state index contributed by atoms with van der Waals surface area (Å²) in [5, 5.41) is 0. The Morgan fingerprint density at radius 2 is 1.76 bits per heavy atom. The molecule has 4 rings (SSSR count). The highest BCUT2D eigenvalue weighted by atomic mass is 15.2. The molecule has 0 spiro atoms. The van der Waals surface area contributed by atoms with Crippen molar-refractivity contribution < 1.29 is 0 Å². The summed E-state index contributed by atoms with van der Waals surface area (Å²) in [5.41, 5.74) is 3.06. The lowest BCUT2D eigenvalue weighted by Gasteiger charge is -2.32. The normalized spacial score (nSPS) is 23.3. The molecule has 0 unspecified atom stereocenters. The van der Waals surface area contributed by atoms with Crippen LogP contribution in [0.15, 0.2) is 36.9 Å². The minimum atomic E-state index is 0.723. The standard InChI is InChI=1S/C11H19N.C9H10/c1-5-11(9-10-3-4-10)6-2-8-12(11)7-1;1-8(2)9-6-4-3-5-7-9/h10H,1-9H2;3-7H,1H2,2H3. The van der Waals surface area contributed by atoms with Crippen molar-refractivity contribution in [1.82, 2.24) is 4.90 Å². The van der Waals surface area contributed by atoms with Crippen LogP contribution in [0.1, 0.15) is 57.4 Å². The summed E-state index contributed by atoms with van der Waals surface area (Å²) in [5.74, 6) is 1.13. The van der Waals surface area contributed by atoms with Gasteiger partial charge in [-0.2, -0.15) is 0 Å². The lowest BCUT2D eigenvalue weighted by Crippen LogP contribution is -2.38. The Hall–Kier alpha value is -1.08. The van der Waals surface area contributed by atoms with Crippen molar-refractivity contribution >= 4 is 5.57 Å². The summed E-state index contributed by atoms with van der Waals surface area (Å²) in [4.78, 5) is 2.80. The molecule has 114 valence electrons. The molecule has 1 heteroatoms. The maximum atomic E-state index is 3.83. The molecule has 21 heavy (non-hydrogen) atoms. The molecule has 0 bridgehead atoms. The largest absolute Gasteiger partial charge is 0.298 e. The van der Waals surface area contributed by atoms with Crippen molar-refractivity contribution in [1.29, 1.82) is 0 Å². The van der Waals surface area contributed by atoms with Gasteiger partial charge in [-0.25, -0.2) is 0 Å². The number of allylic oxidation sites excluding steroid dienone is 1. The predicted octanol–water partition coefficient (Wildman–Crippen LogP) is 5.13. The Kier molecular flexibility index (Phi) is 4.49. The Morgan fingerprint density at radius 3 is 2.24 bits per heavy atom. The molecule has 0 radical (unpaired) electrons. The van der Waals surface area contributed by atoms with Gasteiger partial charge in [-0.15, -0.1) is 0 Å². The van der Waals surface area contributed by atoms with E-state index in [9.17, 15) is 0 Å². The second kappa shape index (κ2) is 6.36. The molecule has 2 saturated heterocycles. The molecular formula is C20H29N. The minimum absolute atomic E-state index is 0.723. The fourth-order valence-electron chi connectivity index (χ4n) is 4.14. The summed E-state index contributed by atoms with van der Waals surface area (Å²) >= 11 is 0. The second-order valence-electron chi connectivity index (χ2n) is 7.21. The van der Waals surface area contributed by atoms with Crippen LogP contribution in [0.25, 0.3) is 5.57 Å². The number of rotatable bonds is 3. The van der Waals surface area contributed by atoms with Crippen LogP contribution in [0, 0.1) is 5.92 Å². The monoisotopic (exact) mass is 283 g/mol. The molecule has 1 aromatic carbocycles. The first-order valence-corrected chi connectivity index (χ1v) is 8.66. The van der Waals surface area contributed by atoms with Crippen LogP contribution in [0.5, 0.6) is 0 Å². The zero-order chi connectivity index (χ0) is 14.7. The molecule has 1 aromatic rings. The van der Waals surface area contributed by atoms with E-state index in [1.807, 2.05) is 25.1 Å². The summed E-state index contributed by atoms with van der Waals surface area (Å²) in [6, 6.07) is 10.2. The van der Waals surface area contributed by atoms with Crippen LogP contribution in [-0.4, -0.2) is 23.5 Å². The zero-order valence-electron chi connectivity index (χ0n) is 13.5. The number of nitrogens with zero attached hydrogens (tertiary/aromatic N) is 1. The Morgan fingerprint density at radius 1 is 1.14 bits per heavy atom. The van der Waals surface area contributed by atoms with Gasteiger partial charge in [0.1, 0.15) is 0 Å². The number of hydrogen-bond acceptors (Lipinski definition) is 1. The van der Waals surface area contributed by atoms with E-state index in [0.29, 0.717) is 0 Å². The van der Waals surface area contributed by atoms with Gasteiger partial charge in [-0.1, -0.05) is 55.3 Å². The third kappa shape index (κ3) is 3.58. The van der Waals surface area contributed by atoms with Gasteiger partial charge in [0.05, 0.1) is 0 Å². The molecule has 1 saturated carbocycles. The molecule has 0 N–H and O–H groups in total. The third-order valence-corrected chi connectivity index (χ3v) is 5.44. The average molecular weight is 283 g/mol. The first kappa shape index (κ1) is 14.8. The smallest absolute Gasteiger partial charge is 0.0213 e. The fourth-order valence-corrected chi connectivity index (χ4v) is 4.14. The van der Waals surface area contributed by atoms with Crippen LogP contribution >= 0.6 is 0 Å². The molecule has 3 aliphatic rings. The van der Waals surface area contributed by atoms with Crippen LogP contribution < -0.4 is 0 Å². The van der Waals surface area contributed by atoms with Crippen molar-refractivity contribution in [2.45, 2.75) is 57.4 Å². The van der Waals surface area contributed by atoms with Gasteiger partial charge < -0.3 is 0 Å². The quantitative estimate of drug-likeness (QED) is 0.743. The van der Waals surface area contributed by atoms with Crippen LogP contribution in [0.4, 0.5) is 0 Å². The zero-order valence-corrected chi connectivity index (χ0v) is 13.5. The molecule has 0 aromatic heterocycles. The summed E-state index contributed by atoms with van der Waals surface area (Å²) in [7, 11) is 0. The van der Waals surface area contributed by atoms with Gasteiger partial charge in [0.2, 0.25) is 0 Å². The third-order valence-electron chi connectivity index (χ3n) is 5.44. The Bertz CT molecular complexity index is 462. The summed E-state index contributed by atoms with van der Waals surface area (Å²) < 4.78 is 0. The van der Waals surface area contributed by atoms with E-state index < -0.39 is 0 Å². The maximum Gasteiger partial charge on any atom is 0.0213 e. The Labute approximate surface area is 130 Å². The van der Waals surface area contributed by atoms with E-state index in [-0.39, 0.29) is 0 Å². The SMILES string of the molecule is C1CN2CCCC2(CC2CC2)C1.C=C(C)c1ccccc1. The Balaban J connectivity index is 0.000000133. The topological polar surface area (TPSA) is 3.24 Å². The molecule has 3 fully saturated rings. The first-order chi connectivity index (χ1) is 10.2. The highest BCUT2D eigenvalue weighted by Crippen LogP contribution is 2.48. The van der Waals surface area contributed by atoms with Crippen molar-refractivity contribution in [2.75, 3.05) is 13.1 Å². The minimum Gasteiger partial charge on any atom is -0.298 e. The summed E-state index contributed by atoms with van der Waals surface area (Å²) in [6.07, 6.45) is 10.6. The molecule has 2 aliphatic heterocycles. The maximum absolute atomic E-state index is 3.83. The molecule has 0 amide bonds. The van der Waals surface area contributed by atoms with Gasteiger partial charge in [-0.3, -0.25) is 4.90 Å². The highest BCUT2D eigenvalue weighted by Gasteiger charge is 2.46. The number of fused-ring (bicyclic) bond motifs is 1. The summed E-state index contributed by atoms with van der Waals surface area (Å²) in [6.45, 7) is 8.65. The molecule has 0 atom stereocenters. The molecule has 1 aliphatic carbocycles. The fraction of sp³-hybridized carbons (Fsp3) is 0.600. The van der Waals surface area contributed by atoms with E-state index in [2.05, 4.69) is 23.6 Å². The van der Waals surface area contributed by atoms with Crippen LogP contribution in [0.2, 0.25) is 0 Å². The average Bonchev–Trinajstić information content (AvgIpc) is 3.07. The van der Waals surface area contributed by atoms with E-state index in [1.54, 1.807) is 6.42 Å².